The van der Waals surface area contributed by atoms with E-state index in [-0.39, 0.29) is 16.9 Å². The first-order valence-electron chi connectivity index (χ1n) is 6.02. The van der Waals surface area contributed by atoms with Crippen LogP contribution in [0.25, 0.3) is 0 Å². The van der Waals surface area contributed by atoms with Gasteiger partial charge < -0.3 is 11.1 Å². The van der Waals surface area contributed by atoms with E-state index < -0.39 is 5.82 Å². The minimum Gasteiger partial charge on any atom is -0.368 e. The molecule has 0 bridgehead atoms. The summed E-state index contributed by atoms with van der Waals surface area (Å²) in [6.07, 6.45) is 2.10. The van der Waals surface area contributed by atoms with Gasteiger partial charge >= 0.3 is 0 Å². The first-order chi connectivity index (χ1) is 9.16. The minimum absolute atomic E-state index is 0.0796. The Kier molecular flexibility index (Phi) is 4.71. The third-order valence-electron chi connectivity index (χ3n) is 2.78. The number of anilines is 1. The van der Waals surface area contributed by atoms with Crippen molar-refractivity contribution in [2.75, 3.05) is 11.9 Å². The van der Waals surface area contributed by atoms with Gasteiger partial charge in [0, 0.05) is 18.8 Å². The maximum Gasteiger partial charge on any atom is 0.166 e. The molecule has 100 valence electrons. The molecule has 0 radical (unpaired) electrons. The fourth-order valence-corrected chi connectivity index (χ4v) is 1.90. The molecular weight excluding hydrogens is 265 g/mol. The number of nitrogens with one attached hydrogen (secondary N) is 1. The SMILES string of the molecule is NC(CCNc1ncc(Cl)cc1F)c1ccccc1. The number of nitrogens with zero attached hydrogens (tertiary/aromatic N) is 1. The number of rotatable bonds is 5. The van der Waals surface area contributed by atoms with Crippen molar-refractivity contribution in [1.29, 1.82) is 0 Å². The normalized spacial score (nSPS) is 12.2. The van der Waals surface area contributed by atoms with E-state index in [0.717, 1.165) is 5.56 Å². The summed E-state index contributed by atoms with van der Waals surface area (Å²) in [7, 11) is 0. The lowest BCUT2D eigenvalue weighted by molar-refractivity contribution is 0.619. The van der Waals surface area contributed by atoms with Crippen molar-refractivity contribution >= 4 is 17.4 Å². The van der Waals surface area contributed by atoms with Crippen LogP contribution in [-0.4, -0.2) is 11.5 Å². The van der Waals surface area contributed by atoms with Crippen LogP contribution in [-0.2, 0) is 0 Å². The Morgan fingerprint density at radius 1 is 1.32 bits per heavy atom. The fraction of sp³-hybridized carbons (Fsp3) is 0.214. The molecule has 1 aromatic carbocycles. The summed E-state index contributed by atoms with van der Waals surface area (Å²) in [5.74, 6) is -0.259. The van der Waals surface area contributed by atoms with Crippen LogP contribution in [0.1, 0.15) is 18.0 Å². The van der Waals surface area contributed by atoms with Gasteiger partial charge in [0.2, 0.25) is 0 Å². The standard InChI is InChI=1S/C14H15ClFN3/c15-11-8-12(16)14(19-9-11)18-7-6-13(17)10-4-2-1-3-5-10/h1-5,8-9,13H,6-7,17H2,(H,18,19). The van der Waals surface area contributed by atoms with Crippen LogP contribution in [0.15, 0.2) is 42.6 Å². The third kappa shape index (κ3) is 3.91. The van der Waals surface area contributed by atoms with Gasteiger partial charge in [-0.3, -0.25) is 0 Å². The quantitative estimate of drug-likeness (QED) is 0.882. The number of benzene rings is 1. The van der Waals surface area contributed by atoms with Crippen LogP contribution in [0.4, 0.5) is 10.2 Å². The molecule has 0 saturated carbocycles. The number of aromatic nitrogens is 1. The van der Waals surface area contributed by atoms with Gasteiger partial charge in [0.15, 0.2) is 11.6 Å². The fourth-order valence-electron chi connectivity index (χ4n) is 1.76. The van der Waals surface area contributed by atoms with E-state index in [0.29, 0.717) is 13.0 Å². The van der Waals surface area contributed by atoms with E-state index in [4.69, 9.17) is 17.3 Å². The molecule has 0 aliphatic rings. The van der Waals surface area contributed by atoms with E-state index in [9.17, 15) is 4.39 Å². The van der Waals surface area contributed by atoms with E-state index in [1.165, 1.54) is 12.3 Å². The minimum atomic E-state index is -0.458. The summed E-state index contributed by atoms with van der Waals surface area (Å²) in [5.41, 5.74) is 7.11. The van der Waals surface area contributed by atoms with Gasteiger partial charge in [0.25, 0.3) is 0 Å². The summed E-state index contributed by atoms with van der Waals surface area (Å²) in [6.45, 7) is 0.543. The second-order valence-electron chi connectivity index (χ2n) is 4.22. The zero-order valence-electron chi connectivity index (χ0n) is 10.3. The Balaban J connectivity index is 1.86. The Morgan fingerprint density at radius 3 is 2.74 bits per heavy atom. The number of hydrogen-bond acceptors (Lipinski definition) is 3. The first-order valence-corrected chi connectivity index (χ1v) is 6.40. The Bertz CT molecular complexity index is 533. The molecule has 1 heterocycles. The van der Waals surface area contributed by atoms with Crippen LogP contribution in [0.5, 0.6) is 0 Å². The highest BCUT2D eigenvalue weighted by Crippen LogP contribution is 2.17. The van der Waals surface area contributed by atoms with Crippen LogP contribution < -0.4 is 11.1 Å². The predicted octanol–water partition coefficient (Wildman–Crippen LogP) is 3.38. The molecule has 3 N–H and O–H groups in total. The topological polar surface area (TPSA) is 50.9 Å². The van der Waals surface area contributed by atoms with Crippen molar-refractivity contribution in [2.45, 2.75) is 12.5 Å². The summed E-state index contributed by atoms with van der Waals surface area (Å²) < 4.78 is 13.5. The summed E-state index contributed by atoms with van der Waals surface area (Å²) in [5, 5.41) is 3.20. The molecule has 1 unspecified atom stereocenters. The van der Waals surface area contributed by atoms with Gasteiger partial charge in [0.1, 0.15) is 0 Å². The molecule has 0 fully saturated rings. The second kappa shape index (κ2) is 6.50. The van der Waals surface area contributed by atoms with E-state index in [1.807, 2.05) is 30.3 Å². The second-order valence-corrected chi connectivity index (χ2v) is 4.65. The summed E-state index contributed by atoms with van der Waals surface area (Å²) in [6, 6.07) is 10.9. The van der Waals surface area contributed by atoms with E-state index >= 15 is 0 Å². The highest BCUT2D eigenvalue weighted by molar-refractivity contribution is 6.30. The molecule has 3 nitrogen and oxygen atoms in total. The highest BCUT2D eigenvalue weighted by atomic mass is 35.5. The molecule has 0 saturated heterocycles. The monoisotopic (exact) mass is 279 g/mol. The molecule has 2 rings (SSSR count). The molecule has 5 heteroatoms. The Labute approximate surface area is 116 Å². The number of nitrogens with two attached hydrogens (primary N) is 1. The first kappa shape index (κ1) is 13.8. The maximum atomic E-state index is 13.5. The molecule has 0 amide bonds. The lowest BCUT2D eigenvalue weighted by Gasteiger charge is -2.13. The smallest absolute Gasteiger partial charge is 0.166 e. The summed E-state index contributed by atoms with van der Waals surface area (Å²) >= 11 is 5.63. The van der Waals surface area contributed by atoms with Crippen LogP contribution in [0.3, 0.4) is 0 Å². The lowest BCUT2D eigenvalue weighted by atomic mass is 10.1. The van der Waals surface area contributed by atoms with Gasteiger partial charge in [-0.2, -0.15) is 0 Å². The number of halogens is 2. The molecule has 0 aliphatic carbocycles. The molecule has 0 spiro atoms. The molecule has 1 atom stereocenters. The van der Waals surface area contributed by atoms with Crippen molar-refractivity contribution in [3.63, 3.8) is 0 Å². The van der Waals surface area contributed by atoms with Crippen molar-refractivity contribution in [2.24, 2.45) is 5.73 Å². The summed E-state index contributed by atoms with van der Waals surface area (Å²) in [4.78, 5) is 3.89. The van der Waals surface area contributed by atoms with Gasteiger partial charge in [-0.25, -0.2) is 9.37 Å². The third-order valence-corrected chi connectivity index (χ3v) is 2.99. The molecule has 0 aliphatic heterocycles. The highest BCUT2D eigenvalue weighted by Gasteiger charge is 2.07. The maximum absolute atomic E-state index is 13.5. The Hall–Kier alpha value is -1.65. The van der Waals surface area contributed by atoms with Crippen molar-refractivity contribution in [3.8, 4) is 0 Å². The van der Waals surface area contributed by atoms with Gasteiger partial charge in [0.05, 0.1) is 5.02 Å². The van der Waals surface area contributed by atoms with E-state index in [1.54, 1.807) is 0 Å². The van der Waals surface area contributed by atoms with Crippen molar-refractivity contribution in [1.82, 2.24) is 4.98 Å². The van der Waals surface area contributed by atoms with Gasteiger partial charge in [-0.05, 0) is 18.1 Å². The molecule has 2 aromatic rings. The average molecular weight is 280 g/mol. The number of pyridine rings is 1. The van der Waals surface area contributed by atoms with Crippen LogP contribution in [0, 0.1) is 5.82 Å². The zero-order chi connectivity index (χ0) is 13.7. The largest absolute Gasteiger partial charge is 0.368 e. The molecule has 1 aromatic heterocycles. The van der Waals surface area contributed by atoms with Gasteiger partial charge in [-0.15, -0.1) is 0 Å². The van der Waals surface area contributed by atoms with Crippen molar-refractivity contribution in [3.05, 3.63) is 59.0 Å². The van der Waals surface area contributed by atoms with Gasteiger partial charge in [-0.1, -0.05) is 41.9 Å². The molecular formula is C14H15ClFN3. The number of hydrogen-bond donors (Lipinski definition) is 2. The molecule has 19 heavy (non-hydrogen) atoms. The zero-order valence-corrected chi connectivity index (χ0v) is 11.1. The Morgan fingerprint density at radius 2 is 2.05 bits per heavy atom. The predicted molar refractivity (Wildman–Crippen MR) is 75.7 cm³/mol. The average Bonchev–Trinajstić information content (AvgIpc) is 2.42. The van der Waals surface area contributed by atoms with E-state index in [2.05, 4.69) is 10.3 Å². The lowest BCUT2D eigenvalue weighted by Crippen LogP contribution is -2.16. The van der Waals surface area contributed by atoms with Crippen molar-refractivity contribution < 1.29 is 4.39 Å². The van der Waals surface area contributed by atoms with Crippen LogP contribution in [0.2, 0.25) is 5.02 Å². The van der Waals surface area contributed by atoms with Crippen LogP contribution >= 0.6 is 11.6 Å².